The van der Waals surface area contributed by atoms with Gasteiger partial charge in [-0.25, -0.2) is 4.79 Å². The minimum Gasteiger partial charge on any atom is -1.00 e. The molecule has 0 fully saturated rings. The smallest absolute Gasteiger partial charge is 1.00 e. The number of carbonyl (C=O) groups excluding carboxylic acids is 1. The number of rotatable bonds is 5. The Morgan fingerprint density at radius 3 is 2.48 bits per heavy atom. The third-order valence-corrected chi connectivity index (χ3v) is 4.22. The molecule has 136 valence electrons. The average Bonchev–Trinajstić information content (AvgIpc) is 2.61. The van der Waals surface area contributed by atoms with Gasteiger partial charge in [-0.3, -0.25) is 9.59 Å². The molecule has 0 saturated heterocycles. The van der Waals surface area contributed by atoms with E-state index in [0.29, 0.717) is 21.7 Å². The number of pyridine rings is 1. The Kier molecular flexibility index (Phi) is 7.44. The number of halogens is 1. The van der Waals surface area contributed by atoms with Crippen LogP contribution in [0.4, 0.5) is 0 Å². The monoisotopic (exact) mass is 412 g/mol. The fourth-order valence-electron chi connectivity index (χ4n) is 2.71. The van der Waals surface area contributed by atoms with Crippen LogP contribution in [0.15, 0.2) is 59.4 Å². The number of carboxylic acids is 1. The van der Waals surface area contributed by atoms with Crippen LogP contribution in [0.1, 0.15) is 18.8 Å². The summed E-state index contributed by atoms with van der Waals surface area (Å²) in [5.41, 5.74) is 1.14. The number of hydrogen-bond donors (Lipinski definition) is 3. The van der Waals surface area contributed by atoms with Gasteiger partial charge in [0.1, 0.15) is 6.04 Å². The normalized spacial score (nSPS) is 11.4. The summed E-state index contributed by atoms with van der Waals surface area (Å²) in [5, 5.41) is 13.2. The van der Waals surface area contributed by atoms with E-state index in [2.05, 4.69) is 10.3 Å². The minimum absolute atomic E-state index is 0. The quantitative estimate of drug-likeness (QED) is 0.560. The summed E-state index contributed by atoms with van der Waals surface area (Å²) < 4.78 is 0. The number of carbonyl (C=O) groups is 2. The van der Waals surface area contributed by atoms with Crippen LogP contribution in [0.5, 0.6) is 0 Å². The molecule has 0 spiro atoms. The maximum atomic E-state index is 12.3. The summed E-state index contributed by atoms with van der Waals surface area (Å²) >= 11 is 5.79. The van der Waals surface area contributed by atoms with Crippen molar-refractivity contribution in [2.45, 2.75) is 12.5 Å². The first-order chi connectivity index (χ1) is 12.4. The molecule has 1 aromatic heterocycles. The Morgan fingerprint density at radius 1 is 1.15 bits per heavy atom. The molecule has 1 heterocycles. The van der Waals surface area contributed by atoms with Crippen LogP contribution in [-0.4, -0.2) is 65.7 Å². The van der Waals surface area contributed by atoms with Crippen LogP contribution in [0.25, 0.3) is 10.9 Å². The summed E-state index contributed by atoms with van der Waals surface area (Å²) in [6.45, 7) is 0. The summed E-state index contributed by atoms with van der Waals surface area (Å²) in [5.74, 6) is -1.71. The molecule has 8 heteroatoms. The van der Waals surface area contributed by atoms with Gasteiger partial charge >= 0.3 is 43.7 Å². The molecule has 3 N–H and O–H groups in total. The van der Waals surface area contributed by atoms with Crippen LogP contribution in [0.3, 0.4) is 0 Å². The van der Waals surface area contributed by atoms with E-state index in [-0.39, 0.29) is 52.6 Å². The molecule has 1 unspecified atom stereocenters. The number of H-pyrrole nitrogens is 1. The van der Waals surface area contributed by atoms with Crippen molar-refractivity contribution in [1.82, 2.24) is 10.3 Å². The molecular weight excluding hydrogens is 396 g/mol. The Bertz CT molecular complexity index is 1040. The van der Waals surface area contributed by atoms with E-state index in [1.54, 1.807) is 36.4 Å². The molecule has 3 rings (SSSR count). The largest absolute Gasteiger partial charge is 2.00 e. The standard InChI is InChI=1S/C19H15ClN2O4.Ca.2H/c20-13-7-5-11(6-8-13)18(24)22-16(19(25)26)9-12-10-17(23)21-15-4-2-1-3-14(12)15;;;/h1-8,10,16H,9H2,(H,21,23)(H,22,24)(H,25,26);;;/q;+2;2*-1. The number of aromatic amines is 1. The van der Waals surface area contributed by atoms with Gasteiger partial charge in [-0.2, -0.15) is 0 Å². The Morgan fingerprint density at radius 2 is 1.81 bits per heavy atom. The maximum absolute atomic E-state index is 12.3. The molecular formula is C19H17CaClN2O4. The Balaban J connectivity index is 0.00000261. The third kappa shape index (κ3) is 5.32. The molecule has 0 aliphatic heterocycles. The number of nitrogens with one attached hydrogen (secondary N) is 2. The average molecular weight is 413 g/mol. The summed E-state index contributed by atoms with van der Waals surface area (Å²) in [7, 11) is 0. The summed E-state index contributed by atoms with van der Waals surface area (Å²) in [6.07, 6.45) is -0.0148. The number of hydrogen-bond acceptors (Lipinski definition) is 3. The van der Waals surface area contributed by atoms with Gasteiger partial charge in [0.05, 0.1) is 0 Å². The van der Waals surface area contributed by atoms with Gasteiger partial charge in [-0.15, -0.1) is 0 Å². The first kappa shape index (κ1) is 21.4. The first-order valence-corrected chi connectivity index (χ1v) is 8.22. The number of aliphatic carboxylic acids is 1. The van der Waals surface area contributed by atoms with E-state index in [9.17, 15) is 19.5 Å². The van der Waals surface area contributed by atoms with Gasteiger partial charge in [0.15, 0.2) is 0 Å². The van der Waals surface area contributed by atoms with Crippen molar-refractivity contribution in [3.8, 4) is 0 Å². The van der Waals surface area contributed by atoms with Crippen LogP contribution >= 0.6 is 11.6 Å². The van der Waals surface area contributed by atoms with Crippen molar-refractivity contribution in [3.05, 3.63) is 81.1 Å². The molecule has 3 aromatic rings. The van der Waals surface area contributed by atoms with E-state index in [1.165, 1.54) is 18.2 Å². The third-order valence-electron chi connectivity index (χ3n) is 3.97. The van der Waals surface area contributed by atoms with Gasteiger partial charge in [-0.1, -0.05) is 29.8 Å². The van der Waals surface area contributed by atoms with E-state index < -0.39 is 17.9 Å². The maximum Gasteiger partial charge on any atom is 2.00 e. The van der Waals surface area contributed by atoms with Gasteiger partial charge in [0.2, 0.25) is 5.56 Å². The predicted octanol–water partition coefficient (Wildman–Crippen LogP) is 2.45. The molecule has 1 atom stereocenters. The van der Waals surface area contributed by atoms with Crippen molar-refractivity contribution in [2.75, 3.05) is 0 Å². The van der Waals surface area contributed by atoms with Crippen LogP contribution in [-0.2, 0) is 11.2 Å². The molecule has 0 aliphatic carbocycles. The molecule has 1 amide bonds. The van der Waals surface area contributed by atoms with E-state index >= 15 is 0 Å². The summed E-state index contributed by atoms with van der Waals surface area (Å²) in [4.78, 5) is 38.5. The second-order valence-electron chi connectivity index (χ2n) is 5.78. The second kappa shape index (κ2) is 9.37. The molecule has 27 heavy (non-hydrogen) atoms. The van der Waals surface area contributed by atoms with Crippen molar-refractivity contribution in [2.24, 2.45) is 0 Å². The number of aromatic nitrogens is 1. The number of para-hydroxylation sites is 1. The minimum atomic E-state index is -1.18. The van der Waals surface area contributed by atoms with E-state index in [1.807, 2.05) is 0 Å². The zero-order valence-electron chi connectivity index (χ0n) is 16.2. The molecule has 0 saturated carbocycles. The number of benzene rings is 2. The number of amides is 1. The fourth-order valence-corrected chi connectivity index (χ4v) is 2.83. The zero-order chi connectivity index (χ0) is 18.7. The number of fused-ring (bicyclic) bond motifs is 1. The van der Waals surface area contributed by atoms with E-state index in [0.717, 1.165) is 5.39 Å². The molecule has 0 radical (unpaired) electrons. The fraction of sp³-hybridized carbons (Fsp3) is 0.105. The SMILES string of the molecule is O=C(NC(Cc1cc(=O)[nH]c2ccccc12)C(=O)O)c1ccc(Cl)cc1.[Ca+2].[H-].[H-]. The Hall–Kier alpha value is -1.86. The van der Waals surface area contributed by atoms with Crippen molar-refractivity contribution < 1.29 is 17.5 Å². The van der Waals surface area contributed by atoms with Crippen LogP contribution in [0, 0.1) is 0 Å². The van der Waals surface area contributed by atoms with E-state index in [4.69, 9.17) is 11.6 Å². The topological polar surface area (TPSA) is 99.3 Å². The predicted molar refractivity (Wildman–Crippen MR) is 107 cm³/mol. The van der Waals surface area contributed by atoms with Crippen molar-refractivity contribution in [1.29, 1.82) is 0 Å². The molecule has 2 aromatic carbocycles. The van der Waals surface area contributed by atoms with Gasteiger partial charge in [0.25, 0.3) is 5.91 Å². The van der Waals surface area contributed by atoms with Crippen molar-refractivity contribution >= 4 is 72.1 Å². The summed E-state index contributed by atoms with van der Waals surface area (Å²) in [6, 6.07) is 13.4. The Labute approximate surface area is 192 Å². The molecule has 0 aliphatic rings. The molecule has 6 nitrogen and oxygen atoms in total. The van der Waals surface area contributed by atoms with Crippen LogP contribution < -0.4 is 10.9 Å². The zero-order valence-corrected chi connectivity index (χ0v) is 17.2. The first-order valence-electron chi connectivity index (χ1n) is 7.84. The molecule has 0 bridgehead atoms. The second-order valence-corrected chi connectivity index (χ2v) is 6.22. The number of carboxylic acid groups (broad SMARTS) is 1. The van der Waals surface area contributed by atoms with Gasteiger partial charge < -0.3 is 18.3 Å². The van der Waals surface area contributed by atoms with Gasteiger partial charge in [0, 0.05) is 34.0 Å². The van der Waals surface area contributed by atoms with Gasteiger partial charge in [-0.05, 0) is 35.9 Å². The van der Waals surface area contributed by atoms with Crippen LogP contribution in [0.2, 0.25) is 5.02 Å². The van der Waals surface area contributed by atoms with Crippen molar-refractivity contribution in [3.63, 3.8) is 0 Å².